The second-order valence-corrected chi connectivity index (χ2v) is 10.7. The number of benzene rings is 1. The summed E-state index contributed by atoms with van der Waals surface area (Å²) in [7, 11) is 0. The zero-order valence-electron chi connectivity index (χ0n) is 17.9. The zero-order chi connectivity index (χ0) is 20.7. The Balaban J connectivity index is 1.86. The van der Waals surface area contributed by atoms with Gasteiger partial charge in [0.1, 0.15) is 17.8 Å². The van der Waals surface area contributed by atoms with Crippen molar-refractivity contribution in [3.63, 3.8) is 0 Å². The smallest absolute Gasteiger partial charge is 0.123 e. The molecular weight excluding hydrogens is 366 g/mol. The summed E-state index contributed by atoms with van der Waals surface area (Å²) < 4.78 is 2.19. The Kier molecular flexibility index (Phi) is 5.50. The molecule has 2 aliphatic heterocycles. The molecule has 0 fully saturated rings. The minimum atomic E-state index is -0.109. The molecule has 5 heteroatoms. The lowest BCUT2D eigenvalue weighted by molar-refractivity contribution is 0.422. The molecule has 1 atom stereocenters. The molecule has 0 radical (unpaired) electrons. The van der Waals surface area contributed by atoms with Crippen molar-refractivity contribution in [1.29, 1.82) is 0 Å². The maximum Gasteiger partial charge on any atom is 0.123 e. The molecule has 0 aromatic heterocycles. The predicted molar refractivity (Wildman–Crippen MR) is 118 cm³/mol. The van der Waals surface area contributed by atoms with Crippen LogP contribution in [-0.4, -0.2) is 25.4 Å². The third kappa shape index (κ3) is 4.35. The van der Waals surface area contributed by atoms with Crippen molar-refractivity contribution in [3.8, 4) is 17.1 Å². The highest BCUT2D eigenvalue weighted by atomic mass is 32.2. The average Bonchev–Trinajstić information content (AvgIpc) is 3.06. The van der Waals surface area contributed by atoms with Crippen LogP contribution >= 0.6 is 11.8 Å². The number of aromatic nitrogens is 3. The molecule has 0 amide bonds. The van der Waals surface area contributed by atoms with E-state index in [1.165, 1.54) is 4.90 Å². The maximum absolute atomic E-state index is 10.9. The number of hydrogen-bond acceptors (Lipinski definition) is 4. The van der Waals surface area contributed by atoms with Crippen LogP contribution in [-0.2, 0) is 10.8 Å². The van der Waals surface area contributed by atoms with Crippen LogP contribution in [0.25, 0.3) is 11.4 Å². The first-order valence-electron chi connectivity index (χ1n) is 9.76. The van der Waals surface area contributed by atoms with Crippen molar-refractivity contribution in [2.45, 2.75) is 70.2 Å². The summed E-state index contributed by atoms with van der Waals surface area (Å²) in [5, 5.41) is 10.9. The Bertz CT molecular complexity index is 899. The van der Waals surface area contributed by atoms with Crippen LogP contribution in [0.3, 0.4) is 0 Å². The van der Waals surface area contributed by atoms with Crippen molar-refractivity contribution in [2.24, 2.45) is 0 Å². The maximum atomic E-state index is 10.9. The van der Waals surface area contributed by atoms with Gasteiger partial charge in [-0.15, -0.1) is 11.8 Å². The first-order chi connectivity index (χ1) is 13.0. The summed E-state index contributed by atoms with van der Waals surface area (Å²) in [5.74, 6) is 1.37. The van der Waals surface area contributed by atoms with Crippen LogP contribution in [0.4, 0.5) is 0 Å². The molecule has 0 aliphatic carbocycles. The summed E-state index contributed by atoms with van der Waals surface area (Å²) in [6.45, 7) is 15.1. The molecular formula is C23H31N3OS. The van der Waals surface area contributed by atoms with Gasteiger partial charge in [0.2, 0.25) is 0 Å². The number of thioether (sulfide) groups is 1. The number of pyridine rings is 1. The van der Waals surface area contributed by atoms with Crippen molar-refractivity contribution in [3.05, 3.63) is 48.0 Å². The Hall–Kier alpha value is -2.01. The quantitative estimate of drug-likeness (QED) is 0.546. The van der Waals surface area contributed by atoms with E-state index in [1.54, 1.807) is 6.33 Å². The molecule has 0 bridgehead atoms. The highest BCUT2D eigenvalue weighted by Gasteiger charge is 2.26. The minimum Gasteiger partial charge on any atom is -0.507 e. The lowest BCUT2D eigenvalue weighted by Gasteiger charge is -2.28. The second-order valence-electron chi connectivity index (χ2n) is 9.56. The van der Waals surface area contributed by atoms with Crippen LogP contribution in [0.5, 0.6) is 5.75 Å². The summed E-state index contributed by atoms with van der Waals surface area (Å²) in [4.78, 5) is 9.74. The van der Waals surface area contributed by atoms with E-state index in [9.17, 15) is 5.11 Å². The molecule has 1 unspecified atom stereocenters. The third-order valence-electron chi connectivity index (χ3n) is 5.03. The SMILES string of the molecule is CC(CSc1cc(C(C)(C)C)c(O)c(C(C)(C)C)c1)n1ccc2ncnc-2c1. The van der Waals surface area contributed by atoms with Crippen molar-refractivity contribution < 1.29 is 5.11 Å². The number of aromatic hydroxyl groups is 1. The summed E-state index contributed by atoms with van der Waals surface area (Å²) in [6, 6.07) is 6.63. The second kappa shape index (κ2) is 7.43. The first-order valence-corrected chi connectivity index (χ1v) is 10.7. The molecule has 1 aromatic rings. The van der Waals surface area contributed by atoms with Crippen molar-refractivity contribution in [2.75, 3.05) is 5.75 Å². The fourth-order valence-corrected chi connectivity index (χ4v) is 4.27. The zero-order valence-corrected chi connectivity index (χ0v) is 18.8. The molecule has 2 heterocycles. The third-order valence-corrected chi connectivity index (χ3v) is 6.25. The van der Waals surface area contributed by atoms with Crippen molar-refractivity contribution in [1.82, 2.24) is 14.5 Å². The van der Waals surface area contributed by atoms with E-state index < -0.39 is 0 Å². The number of nitrogens with zero attached hydrogens (tertiary/aromatic N) is 3. The molecule has 28 heavy (non-hydrogen) atoms. The van der Waals surface area contributed by atoms with E-state index in [1.807, 2.05) is 17.8 Å². The highest BCUT2D eigenvalue weighted by Crippen LogP contribution is 2.42. The first kappa shape index (κ1) is 20.7. The van der Waals surface area contributed by atoms with E-state index in [0.29, 0.717) is 11.8 Å². The van der Waals surface area contributed by atoms with E-state index in [-0.39, 0.29) is 10.8 Å². The lowest BCUT2D eigenvalue weighted by Crippen LogP contribution is -2.17. The number of imidazole rings is 1. The van der Waals surface area contributed by atoms with E-state index in [0.717, 1.165) is 28.3 Å². The molecule has 1 aromatic carbocycles. The molecule has 150 valence electrons. The van der Waals surface area contributed by atoms with E-state index in [2.05, 4.69) is 87.5 Å². The van der Waals surface area contributed by atoms with Crippen molar-refractivity contribution >= 4 is 11.8 Å². The fourth-order valence-electron chi connectivity index (χ4n) is 3.27. The number of hydrogen-bond donors (Lipinski definition) is 1. The Morgan fingerprint density at radius 1 is 1.00 bits per heavy atom. The molecule has 2 aliphatic rings. The Morgan fingerprint density at radius 3 is 2.14 bits per heavy atom. The summed E-state index contributed by atoms with van der Waals surface area (Å²) in [5.41, 5.74) is 3.66. The van der Waals surface area contributed by atoms with Gasteiger partial charge < -0.3 is 9.67 Å². The largest absolute Gasteiger partial charge is 0.507 e. The van der Waals surface area contributed by atoms with Crippen LogP contribution in [0.15, 0.2) is 41.8 Å². The van der Waals surface area contributed by atoms with Crippen LogP contribution < -0.4 is 0 Å². The molecule has 0 spiro atoms. The average molecular weight is 398 g/mol. The molecule has 0 saturated carbocycles. The normalized spacial score (nSPS) is 13.8. The molecule has 0 saturated heterocycles. The Labute approximate surface area is 172 Å². The van der Waals surface area contributed by atoms with Crippen LogP contribution in [0, 0.1) is 0 Å². The topological polar surface area (TPSA) is 50.9 Å². The van der Waals surface area contributed by atoms with Gasteiger partial charge in [-0.05, 0) is 36.0 Å². The lowest BCUT2D eigenvalue weighted by atomic mass is 9.79. The Morgan fingerprint density at radius 2 is 1.57 bits per heavy atom. The molecule has 4 nitrogen and oxygen atoms in total. The van der Waals surface area contributed by atoms with Gasteiger partial charge >= 0.3 is 0 Å². The van der Waals surface area contributed by atoms with Gasteiger partial charge in [0.25, 0.3) is 0 Å². The summed E-state index contributed by atoms with van der Waals surface area (Å²) in [6.07, 6.45) is 5.73. The van der Waals surface area contributed by atoms with Gasteiger partial charge in [0.15, 0.2) is 0 Å². The molecule has 3 rings (SSSR count). The monoisotopic (exact) mass is 397 g/mol. The predicted octanol–water partition coefficient (Wildman–Crippen LogP) is 6.04. The molecule has 1 N–H and O–H groups in total. The van der Waals surface area contributed by atoms with E-state index >= 15 is 0 Å². The summed E-state index contributed by atoms with van der Waals surface area (Å²) >= 11 is 1.83. The van der Waals surface area contributed by atoms with Crippen LogP contribution in [0.2, 0.25) is 0 Å². The number of phenolic OH excluding ortho intramolecular Hbond substituents is 1. The van der Waals surface area contributed by atoms with Gasteiger partial charge in [-0.25, -0.2) is 9.97 Å². The fraction of sp³-hybridized carbons (Fsp3) is 0.478. The number of rotatable bonds is 4. The van der Waals surface area contributed by atoms with Gasteiger partial charge in [-0.1, -0.05) is 41.5 Å². The number of phenols is 1. The van der Waals surface area contributed by atoms with Crippen LogP contribution in [0.1, 0.15) is 65.6 Å². The van der Waals surface area contributed by atoms with Gasteiger partial charge in [-0.2, -0.15) is 0 Å². The highest BCUT2D eigenvalue weighted by molar-refractivity contribution is 7.99. The van der Waals surface area contributed by atoms with Gasteiger partial charge in [0, 0.05) is 40.2 Å². The van der Waals surface area contributed by atoms with Gasteiger partial charge in [0.05, 0.1) is 5.69 Å². The number of fused-ring (bicyclic) bond motifs is 1. The van der Waals surface area contributed by atoms with Gasteiger partial charge in [-0.3, -0.25) is 0 Å². The minimum absolute atomic E-state index is 0.109. The standard InChI is InChI=1S/C23H31N3OS/c1-15(26-9-8-19-20(12-26)25-14-24-19)13-28-16-10-17(22(2,3)4)21(27)18(11-16)23(5,6)7/h8-12,14-15,27H,13H2,1-7H3. The van der Waals surface area contributed by atoms with E-state index in [4.69, 9.17) is 0 Å².